The number of hydrogen-bond acceptors (Lipinski definition) is 7. The van der Waals surface area contributed by atoms with E-state index < -0.39 is 51.2 Å². The Morgan fingerprint density at radius 2 is 1.83 bits per heavy atom. The molecule has 10 nitrogen and oxygen atoms in total. The number of rotatable bonds is 7. The zero-order valence-electron chi connectivity index (χ0n) is 22.8. The third-order valence-electron chi connectivity index (χ3n) is 9.52. The molecule has 0 aromatic heterocycles. The molecular formula is C30H30Cl2N2O8. The Bertz CT molecular complexity index is 1490. The Hall–Kier alpha value is -3.37. The summed E-state index contributed by atoms with van der Waals surface area (Å²) >= 11 is 14.4. The number of likely N-dealkylation sites (tertiary alicyclic amines) is 2. The first-order chi connectivity index (χ1) is 19.9. The summed E-state index contributed by atoms with van der Waals surface area (Å²) in [5.41, 5.74) is 1.92. The van der Waals surface area contributed by atoms with Crippen molar-refractivity contribution in [2.24, 2.45) is 23.7 Å². The molecule has 0 unspecified atom stereocenters. The van der Waals surface area contributed by atoms with E-state index in [2.05, 4.69) is 0 Å². The number of carboxylic acids is 1. The molecule has 12 heteroatoms. The van der Waals surface area contributed by atoms with Crippen molar-refractivity contribution in [3.8, 4) is 11.5 Å². The molecular weight excluding hydrogens is 587 g/mol. The van der Waals surface area contributed by atoms with Gasteiger partial charge in [0.1, 0.15) is 11.5 Å². The number of aromatic hydroxyl groups is 1. The Labute approximate surface area is 251 Å². The monoisotopic (exact) mass is 616 g/mol. The number of carbonyl (C=O) groups is 5. The van der Waals surface area contributed by atoms with Gasteiger partial charge in [-0.1, -0.05) is 18.1 Å². The Morgan fingerprint density at radius 3 is 2.57 bits per heavy atom. The lowest BCUT2D eigenvalue weighted by Crippen LogP contribution is -2.61. The Morgan fingerprint density at radius 1 is 1.07 bits per heavy atom. The van der Waals surface area contributed by atoms with Gasteiger partial charge in [-0.25, -0.2) is 0 Å². The minimum Gasteiger partial charge on any atom is -0.508 e. The van der Waals surface area contributed by atoms with Gasteiger partial charge in [0.05, 0.1) is 18.1 Å². The molecule has 2 saturated heterocycles. The first kappa shape index (κ1) is 28.7. The van der Waals surface area contributed by atoms with Crippen molar-refractivity contribution in [3.05, 3.63) is 47.2 Å². The third-order valence-corrected chi connectivity index (χ3v) is 10.9. The first-order valence-corrected chi connectivity index (χ1v) is 14.8. The molecule has 3 fully saturated rings. The van der Waals surface area contributed by atoms with E-state index in [4.69, 9.17) is 33.0 Å². The summed E-state index contributed by atoms with van der Waals surface area (Å²) in [5.74, 6) is -5.20. The molecule has 2 N–H and O–H groups in total. The van der Waals surface area contributed by atoms with Gasteiger partial charge < -0.3 is 14.9 Å². The smallest absolute Gasteiger partial charge is 0.303 e. The molecule has 0 radical (unpaired) electrons. The number of halogens is 2. The van der Waals surface area contributed by atoms with Crippen LogP contribution in [0.3, 0.4) is 0 Å². The predicted molar refractivity (Wildman–Crippen MR) is 150 cm³/mol. The molecule has 3 aliphatic heterocycles. The maximum absolute atomic E-state index is 13.8. The van der Waals surface area contributed by atoms with Crippen LogP contribution < -0.4 is 4.74 Å². The number of phenols is 1. The van der Waals surface area contributed by atoms with Crippen LogP contribution in [0.25, 0.3) is 0 Å². The summed E-state index contributed by atoms with van der Waals surface area (Å²) in [7, 11) is 1.34. The molecule has 1 aromatic rings. The number of carboxylic acid groups (broad SMARTS) is 1. The molecule has 3 heterocycles. The van der Waals surface area contributed by atoms with Crippen LogP contribution >= 0.6 is 23.2 Å². The minimum absolute atomic E-state index is 0.0206. The van der Waals surface area contributed by atoms with Crippen LogP contribution in [0.2, 0.25) is 0 Å². The van der Waals surface area contributed by atoms with Crippen LogP contribution in [-0.4, -0.2) is 73.0 Å². The zero-order chi connectivity index (χ0) is 30.1. The van der Waals surface area contributed by atoms with Crippen molar-refractivity contribution in [1.82, 2.24) is 9.80 Å². The highest BCUT2D eigenvalue weighted by Gasteiger charge is 2.76. The van der Waals surface area contributed by atoms with Crippen molar-refractivity contribution < 1.29 is 38.9 Å². The van der Waals surface area contributed by atoms with Crippen molar-refractivity contribution >= 4 is 52.8 Å². The molecule has 1 saturated carbocycles. The van der Waals surface area contributed by atoms with Crippen LogP contribution in [0.5, 0.6) is 11.5 Å². The number of hydrogen-bond donors (Lipinski definition) is 2. The number of alkyl halides is 2. The highest BCUT2D eigenvalue weighted by atomic mass is 35.5. The molecule has 2 aliphatic carbocycles. The lowest BCUT2D eigenvalue weighted by atomic mass is 9.56. The standard InChI is InChI=1S/C30H30Cl2N2O8/c1-33-27(40)29(31)13-20-18(7-8-19-23(20)26(39)34(25(19)38)10-4-2-3-5-22(36)37)24(30(29,32)28(33)41)16-11-15-12-17(35)6-9-21(15)42-14-16/h6-7,9,12,14,19-20,23-24,35H,2-5,8,10-11,13H2,1H3,(H,36,37)/t19-,20+,23-,24-,29+,30-/m0/s1. The van der Waals surface area contributed by atoms with Gasteiger partial charge in [-0.05, 0) is 55.4 Å². The lowest BCUT2D eigenvalue weighted by molar-refractivity contribution is -0.141. The molecule has 6 rings (SSSR count). The molecule has 222 valence electrons. The van der Waals surface area contributed by atoms with Gasteiger partial charge in [0.15, 0.2) is 9.75 Å². The number of fused-ring (bicyclic) bond motifs is 5. The summed E-state index contributed by atoms with van der Waals surface area (Å²) in [6.45, 7) is 0.181. The molecule has 0 spiro atoms. The molecule has 0 bridgehead atoms. The number of imide groups is 2. The lowest BCUT2D eigenvalue weighted by Gasteiger charge is -2.51. The van der Waals surface area contributed by atoms with Crippen molar-refractivity contribution in [2.45, 2.75) is 54.7 Å². The second kappa shape index (κ2) is 10.1. The van der Waals surface area contributed by atoms with E-state index in [0.717, 1.165) is 4.90 Å². The van der Waals surface area contributed by atoms with Gasteiger partial charge in [0, 0.05) is 37.9 Å². The number of allylic oxidation sites excluding steroid dienone is 3. The zero-order valence-corrected chi connectivity index (χ0v) is 24.4. The molecule has 4 amide bonds. The Balaban J connectivity index is 1.36. The quantitative estimate of drug-likeness (QED) is 0.205. The summed E-state index contributed by atoms with van der Waals surface area (Å²) in [5, 5.41) is 19.0. The van der Waals surface area contributed by atoms with Gasteiger partial charge in [0.2, 0.25) is 11.8 Å². The normalized spacial score (nSPS) is 33.4. The van der Waals surface area contributed by atoms with E-state index in [1.165, 1.54) is 24.3 Å². The molecule has 42 heavy (non-hydrogen) atoms. The van der Waals surface area contributed by atoms with E-state index in [1.54, 1.807) is 12.1 Å². The van der Waals surface area contributed by atoms with Crippen LogP contribution in [0, 0.1) is 23.7 Å². The van der Waals surface area contributed by atoms with Gasteiger partial charge >= 0.3 is 5.97 Å². The van der Waals surface area contributed by atoms with Crippen molar-refractivity contribution in [2.75, 3.05) is 13.6 Å². The maximum Gasteiger partial charge on any atom is 0.303 e. The van der Waals surface area contributed by atoms with E-state index >= 15 is 0 Å². The minimum atomic E-state index is -1.89. The number of carbonyl (C=O) groups excluding carboxylic acids is 4. The Kier molecular flexibility index (Phi) is 6.92. The number of aliphatic carboxylic acids is 1. The first-order valence-electron chi connectivity index (χ1n) is 14.0. The fourth-order valence-corrected chi connectivity index (χ4v) is 8.60. The second-order valence-corrected chi connectivity index (χ2v) is 13.1. The number of unbranched alkanes of at least 4 members (excludes halogenated alkanes) is 2. The van der Waals surface area contributed by atoms with E-state index in [0.29, 0.717) is 41.7 Å². The number of phenolic OH excluding ortho intramolecular Hbond substituents is 1. The van der Waals surface area contributed by atoms with E-state index in [1.807, 2.05) is 6.08 Å². The van der Waals surface area contributed by atoms with E-state index in [9.17, 15) is 29.1 Å². The second-order valence-electron chi connectivity index (χ2n) is 11.8. The largest absolute Gasteiger partial charge is 0.508 e. The highest BCUT2D eigenvalue weighted by Crippen LogP contribution is 2.64. The van der Waals surface area contributed by atoms with Crippen LogP contribution in [-0.2, 0) is 30.4 Å². The summed E-state index contributed by atoms with van der Waals surface area (Å²) < 4.78 is 5.88. The number of nitrogens with zero attached hydrogens (tertiary/aromatic N) is 2. The van der Waals surface area contributed by atoms with Gasteiger partial charge in [-0.15, -0.1) is 23.2 Å². The van der Waals surface area contributed by atoms with Gasteiger partial charge in [0.25, 0.3) is 11.8 Å². The molecule has 6 atom stereocenters. The number of amides is 4. The van der Waals surface area contributed by atoms with E-state index in [-0.39, 0.29) is 49.8 Å². The summed E-state index contributed by atoms with van der Waals surface area (Å²) in [6.07, 6.45) is 5.31. The summed E-state index contributed by atoms with van der Waals surface area (Å²) in [4.78, 5) is 63.8. The predicted octanol–water partition coefficient (Wildman–Crippen LogP) is 3.38. The number of benzene rings is 1. The SMILES string of the molecule is CN1C(=O)[C@]2(Cl)C[C@@H]3C(=CC[C@@H]4C(=O)N(CCCCCC(=O)O)C(=O)[C@@H]43)[C@H](C3=COc4ccc(O)cc4C3)[C@]2(Cl)C1=O. The topological polar surface area (TPSA) is 142 Å². The average Bonchev–Trinajstić information content (AvgIpc) is 3.27. The third kappa shape index (κ3) is 4.01. The molecule has 5 aliphatic rings. The van der Waals surface area contributed by atoms with Gasteiger partial charge in [-0.3, -0.25) is 33.8 Å². The number of ether oxygens (including phenoxy) is 1. The fourth-order valence-electron chi connectivity index (χ4n) is 7.56. The summed E-state index contributed by atoms with van der Waals surface area (Å²) in [6, 6.07) is 4.69. The van der Waals surface area contributed by atoms with Crippen LogP contribution in [0.1, 0.15) is 44.1 Å². The van der Waals surface area contributed by atoms with Crippen molar-refractivity contribution in [1.29, 1.82) is 0 Å². The fraction of sp³-hybridized carbons (Fsp3) is 0.500. The van der Waals surface area contributed by atoms with Crippen LogP contribution in [0.4, 0.5) is 0 Å². The highest BCUT2D eigenvalue weighted by molar-refractivity contribution is 6.53. The van der Waals surface area contributed by atoms with Gasteiger partial charge in [-0.2, -0.15) is 0 Å². The van der Waals surface area contributed by atoms with Crippen LogP contribution in [0.15, 0.2) is 41.7 Å². The van der Waals surface area contributed by atoms with Crippen molar-refractivity contribution in [3.63, 3.8) is 0 Å². The maximum atomic E-state index is 13.8. The molecule has 1 aromatic carbocycles. The average molecular weight is 617 g/mol.